The van der Waals surface area contributed by atoms with Gasteiger partial charge in [-0.15, -0.1) is 0 Å². The second-order valence-electron chi connectivity index (χ2n) is 6.43. The molecule has 10 heteroatoms. The van der Waals surface area contributed by atoms with Gasteiger partial charge in [0.15, 0.2) is 6.61 Å². The number of hydrogen-bond acceptors (Lipinski definition) is 6. The molecule has 0 aliphatic rings. The summed E-state index contributed by atoms with van der Waals surface area (Å²) in [6.45, 7) is 7.48. The predicted octanol–water partition coefficient (Wildman–Crippen LogP) is 0.317. The predicted molar refractivity (Wildman–Crippen MR) is 97.8 cm³/mol. The molecule has 2 amide bonds. The Morgan fingerprint density at radius 3 is 2.22 bits per heavy atom. The summed E-state index contributed by atoms with van der Waals surface area (Å²) in [7, 11) is -3.96. The molecule has 0 heterocycles. The van der Waals surface area contributed by atoms with Gasteiger partial charge in [0.2, 0.25) is 15.9 Å². The smallest absolute Gasteiger partial charge is 0.324 e. The minimum atomic E-state index is -3.96. The van der Waals surface area contributed by atoms with E-state index in [2.05, 4.69) is 4.72 Å². The molecule has 1 atom stereocenters. The summed E-state index contributed by atoms with van der Waals surface area (Å²) >= 11 is 0. The molecule has 0 unspecified atom stereocenters. The molecule has 0 aliphatic heterocycles. The van der Waals surface area contributed by atoms with E-state index in [1.807, 2.05) is 17.8 Å². The van der Waals surface area contributed by atoms with Crippen molar-refractivity contribution in [2.75, 3.05) is 6.61 Å². The zero-order valence-corrected chi connectivity index (χ0v) is 16.8. The number of aryl methyl sites for hydroxylation is 2. The van der Waals surface area contributed by atoms with E-state index >= 15 is 0 Å². The van der Waals surface area contributed by atoms with Crippen LogP contribution in [0.1, 0.15) is 31.9 Å². The fourth-order valence-electron chi connectivity index (χ4n) is 1.99. The van der Waals surface area contributed by atoms with E-state index in [1.165, 1.54) is 19.1 Å². The Hall–Kier alpha value is -2.46. The summed E-state index contributed by atoms with van der Waals surface area (Å²) in [5.41, 5.74) is 5.83. The number of carbonyl (C=O) groups is 3. The van der Waals surface area contributed by atoms with Crippen molar-refractivity contribution < 1.29 is 27.5 Å². The van der Waals surface area contributed by atoms with Crippen LogP contribution in [0.25, 0.3) is 0 Å². The molecule has 3 N–H and O–H groups in total. The van der Waals surface area contributed by atoms with Gasteiger partial charge in [-0.2, -0.15) is 4.72 Å². The molecule has 9 nitrogen and oxygen atoms in total. The molecule has 0 aromatic heterocycles. The van der Waals surface area contributed by atoms with Crippen molar-refractivity contribution in [3.8, 4) is 0 Å². The third-order valence-electron chi connectivity index (χ3n) is 3.71. The first-order chi connectivity index (χ1) is 12.4. The van der Waals surface area contributed by atoms with Crippen LogP contribution < -0.4 is 15.6 Å². The first kappa shape index (κ1) is 22.6. The Balaban J connectivity index is 2.82. The van der Waals surface area contributed by atoms with Crippen molar-refractivity contribution in [2.45, 2.75) is 45.6 Å². The summed E-state index contributed by atoms with van der Waals surface area (Å²) in [4.78, 5) is 34.5. The number of esters is 1. The van der Waals surface area contributed by atoms with Gasteiger partial charge in [-0.25, -0.2) is 8.42 Å². The lowest BCUT2D eigenvalue weighted by atomic mass is 10.1. The lowest BCUT2D eigenvalue weighted by Crippen LogP contribution is -2.47. The van der Waals surface area contributed by atoms with Gasteiger partial charge in [0.1, 0.15) is 6.04 Å². The maximum absolute atomic E-state index is 12.6. The van der Waals surface area contributed by atoms with Crippen LogP contribution in [0.3, 0.4) is 0 Å². The van der Waals surface area contributed by atoms with Gasteiger partial charge in [0.05, 0.1) is 4.90 Å². The van der Waals surface area contributed by atoms with Crippen LogP contribution in [0, 0.1) is 19.8 Å². The number of ether oxygens (including phenoxy) is 1. The zero-order valence-electron chi connectivity index (χ0n) is 16.0. The Kier molecular flexibility index (Phi) is 7.92. The van der Waals surface area contributed by atoms with Gasteiger partial charge < -0.3 is 4.74 Å². The number of carbonyl (C=O) groups excluding carboxylic acids is 3. The molecular formula is C17H25N3O6S. The quantitative estimate of drug-likeness (QED) is 0.447. The van der Waals surface area contributed by atoms with Crippen molar-refractivity contribution in [1.29, 1.82) is 0 Å². The fraction of sp³-hybridized carbons (Fsp3) is 0.471. The van der Waals surface area contributed by atoms with E-state index in [0.717, 1.165) is 11.1 Å². The average molecular weight is 399 g/mol. The van der Waals surface area contributed by atoms with Crippen LogP contribution in [0.4, 0.5) is 0 Å². The zero-order chi connectivity index (χ0) is 20.8. The molecule has 0 saturated carbocycles. The Morgan fingerprint density at radius 1 is 1.07 bits per heavy atom. The second kappa shape index (κ2) is 9.47. The van der Waals surface area contributed by atoms with E-state index in [1.54, 1.807) is 26.8 Å². The topological polar surface area (TPSA) is 131 Å². The van der Waals surface area contributed by atoms with Crippen molar-refractivity contribution >= 4 is 27.8 Å². The highest BCUT2D eigenvalue weighted by atomic mass is 32.2. The minimum Gasteiger partial charge on any atom is -0.454 e. The van der Waals surface area contributed by atoms with E-state index < -0.39 is 46.4 Å². The number of benzene rings is 1. The summed E-state index contributed by atoms with van der Waals surface area (Å²) in [5, 5.41) is 0. The van der Waals surface area contributed by atoms with Crippen LogP contribution >= 0.6 is 0 Å². The molecule has 0 radical (unpaired) electrons. The maximum atomic E-state index is 12.6. The van der Waals surface area contributed by atoms with Crippen molar-refractivity contribution in [3.63, 3.8) is 0 Å². The number of rotatable bonds is 7. The van der Waals surface area contributed by atoms with Gasteiger partial charge in [0.25, 0.3) is 5.91 Å². The highest BCUT2D eigenvalue weighted by Gasteiger charge is 2.30. The maximum Gasteiger partial charge on any atom is 0.324 e. The van der Waals surface area contributed by atoms with Gasteiger partial charge in [0, 0.05) is 6.92 Å². The van der Waals surface area contributed by atoms with Crippen molar-refractivity contribution in [2.24, 2.45) is 5.92 Å². The van der Waals surface area contributed by atoms with E-state index in [0.29, 0.717) is 0 Å². The van der Waals surface area contributed by atoms with E-state index in [9.17, 15) is 22.8 Å². The number of amides is 2. The first-order valence-corrected chi connectivity index (χ1v) is 9.74. The monoisotopic (exact) mass is 399 g/mol. The fourth-order valence-corrected chi connectivity index (χ4v) is 3.41. The Labute approximate surface area is 158 Å². The third-order valence-corrected chi connectivity index (χ3v) is 5.15. The van der Waals surface area contributed by atoms with Crippen LogP contribution in [-0.4, -0.2) is 38.9 Å². The van der Waals surface area contributed by atoms with E-state index in [-0.39, 0.29) is 4.90 Å². The Morgan fingerprint density at radius 2 is 1.70 bits per heavy atom. The molecule has 0 bridgehead atoms. The molecule has 0 saturated heterocycles. The number of hydrogen-bond donors (Lipinski definition) is 3. The van der Waals surface area contributed by atoms with Crippen LogP contribution in [-0.2, 0) is 29.1 Å². The molecule has 1 aromatic carbocycles. The molecule has 1 rings (SSSR count). The molecule has 150 valence electrons. The molecule has 0 spiro atoms. The molecule has 0 fully saturated rings. The SMILES string of the molecule is CC(=O)NNC(=O)COC(=O)[C@@H](NS(=O)(=O)c1ccc(C)c(C)c1)C(C)C. The summed E-state index contributed by atoms with van der Waals surface area (Å²) < 4.78 is 32.4. The third kappa shape index (κ3) is 6.99. The van der Waals surface area contributed by atoms with Crippen LogP contribution in [0.2, 0.25) is 0 Å². The van der Waals surface area contributed by atoms with Gasteiger partial charge in [-0.1, -0.05) is 19.9 Å². The number of nitrogens with one attached hydrogen (secondary N) is 3. The Bertz CT molecular complexity index is 820. The van der Waals surface area contributed by atoms with E-state index in [4.69, 9.17) is 4.74 Å². The molecule has 27 heavy (non-hydrogen) atoms. The standard InChI is InChI=1S/C17H25N3O6S/c1-10(2)16(17(23)26-9-15(22)19-18-13(5)21)20-27(24,25)14-7-6-11(3)12(4)8-14/h6-8,10,16,20H,9H2,1-5H3,(H,18,21)(H,19,22)/t16-/m0/s1. The largest absolute Gasteiger partial charge is 0.454 e. The van der Waals surface area contributed by atoms with Gasteiger partial charge in [-0.3, -0.25) is 25.2 Å². The number of hydrazine groups is 1. The first-order valence-electron chi connectivity index (χ1n) is 8.25. The summed E-state index contributed by atoms with van der Waals surface area (Å²) in [6.07, 6.45) is 0. The normalized spacial score (nSPS) is 12.4. The average Bonchev–Trinajstić information content (AvgIpc) is 2.57. The van der Waals surface area contributed by atoms with Crippen LogP contribution in [0.5, 0.6) is 0 Å². The molecule has 1 aromatic rings. The lowest BCUT2D eigenvalue weighted by molar-refractivity contribution is -0.151. The second-order valence-corrected chi connectivity index (χ2v) is 8.14. The summed E-state index contributed by atoms with van der Waals surface area (Å²) in [6, 6.07) is 3.47. The number of sulfonamides is 1. The minimum absolute atomic E-state index is 0.0347. The highest BCUT2D eigenvalue weighted by molar-refractivity contribution is 7.89. The van der Waals surface area contributed by atoms with Crippen molar-refractivity contribution in [3.05, 3.63) is 29.3 Å². The lowest BCUT2D eigenvalue weighted by Gasteiger charge is -2.21. The van der Waals surface area contributed by atoms with Gasteiger partial charge >= 0.3 is 5.97 Å². The van der Waals surface area contributed by atoms with Crippen molar-refractivity contribution in [1.82, 2.24) is 15.6 Å². The molecular weight excluding hydrogens is 374 g/mol. The molecule has 0 aliphatic carbocycles. The summed E-state index contributed by atoms with van der Waals surface area (Å²) in [5.74, 6) is -2.55. The van der Waals surface area contributed by atoms with Gasteiger partial charge in [-0.05, 0) is 43.0 Å². The van der Waals surface area contributed by atoms with Crippen LogP contribution in [0.15, 0.2) is 23.1 Å². The highest BCUT2D eigenvalue weighted by Crippen LogP contribution is 2.16.